The Morgan fingerprint density at radius 1 is 0.645 bits per heavy atom. The van der Waals surface area contributed by atoms with Crippen LogP contribution in [0.15, 0.2) is 101 Å². The smallest absolute Gasteiger partial charge is 0.169 e. The van der Waals surface area contributed by atoms with Crippen molar-refractivity contribution in [2.75, 3.05) is 0 Å². The van der Waals surface area contributed by atoms with Crippen LogP contribution in [0.2, 0.25) is 0 Å². The second-order valence-corrected chi connectivity index (χ2v) is 8.24. The molecule has 152 valence electrons. The first-order valence-electron chi connectivity index (χ1n) is 10.9. The molecule has 0 saturated heterocycles. The molecule has 4 bridgehead atoms. The second kappa shape index (κ2) is 8.65. The molecule has 3 nitrogen and oxygen atoms in total. The van der Waals surface area contributed by atoms with Gasteiger partial charge in [-0.25, -0.2) is 4.57 Å². The quantitative estimate of drug-likeness (QED) is 0.276. The van der Waals surface area contributed by atoms with Crippen LogP contribution in [-0.4, -0.2) is 0 Å². The Morgan fingerprint density at radius 3 is 2.10 bits per heavy atom. The summed E-state index contributed by atoms with van der Waals surface area (Å²) in [4.78, 5) is 0. The van der Waals surface area contributed by atoms with Gasteiger partial charge in [0.15, 0.2) is 12.4 Å². The first kappa shape index (κ1) is 19.4. The van der Waals surface area contributed by atoms with Crippen LogP contribution in [0, 0.1) is 0 Å². The maximum Gasteiger partial charge on any atom is 0.169 e. The van der Waals surface area contributed by atoms with Gasteiger partial charge in [-0.05, 0) is 77.3 Å². The van der Waals surface area contributed by atoms with Crippen molar-refractivity contribution in [3.8, 4) is 11.1 Å². The molecule has 4 aromatic rings. The molecular formula is C28H26N3+. The van der Waals surface area contributed by atoms with Crippen LogP contribution in [0.5, 0.6) is 0 Å². The second-order valence-electron chi connectivity index (χ2n) is 8.24. The predicted octanol–water partition coefficient (Wildman–Crippen LogP) is 6.48. The molecule has 1 aromatic heterocycles. The van der Waals surface area contributed by atoms with Crippen LogP contribution < -0.4 is 4.57 Å². The van der Waals surface area contributed by atoms with Gasteiger partial charge in [0, 0.05) is 12.1 Å². The number of aryl methyl sites for hydroxylation is 5. The van der Waals surface area contributed by atoms with Crippen molar-refractivity contribution in [3.63, 3.8) is 0 Å². The molecule has 8 rings (SSSR count). The van der Waals surface area contributed by atoms with Crippen molar-refractivity contribution in [2.45, 2.75) is 25.7 Å². The maximum atomic E-state index is 4.62. The summed E-state index contributed by atoms with van der Waals surface area (Å²) in [5.74, 6) is 0. The van der Waals surface area contributed by atoms with Gasteiger partial charge in [0.05, 0.1) is 11.4 Å². The van der Waals surface area contributed by atoms with Crippen molar-refractivity contribution in [2.24, 2.45) is 17.3 Å². The zero-order valence-electron chi connectivity index (χ0n) is 17.8. The van der Waals surface area contributed by atoms with Gasteiger partial charge in [0.2, 0.25) is 0 Å². The highest BCUT2D eigenvalue weighted by Gasteiger charge is 2.12. The average molecular weight is 405 g/mol. The minimum absolute atomic E-state index is 0.885. The van der Waals surface area contributed by atoms with Gasteiger partial charge in [-0.2, -0.15) is 10.2 Å². The standard InChI is InChI=1S/C28H26N3/c1-31-17-15-24(16-18-31)27-19-21-7-11-23(27)12-8-22-10-14-25(13-9-21)28(20-22)30-29-26-5-3-2-4-6-26/h2-7,10-11,14-20H,8-9,12-13H2,1H3/q+1. The summed E-state index contributed by atoms with van der Waals surface area (Å²) in [6.07, 6.45) is 8.17. The first-order valence-corrected chi connectivity index (χ1v) is 10.9. The molecule has 0 aliphatic heterocycles. The van der Waals surface area contributed by atoms with Crippen molar-refractivity contribution in [3.05, 3.63) is 114 Å². The fourth-order valence-electron chi connectivity index (χ4n) is 4.18. The Balaban J connectivity index is 1.48. The van der Waals surface area contributed by atoms with Gasteiger partial charge in [-0.3, -0.25) is 0 Å². The lowest BCUT2D eigenvalue weighted by atomic mass is 9.90. The van der Waals surface area contributed by atoms with E-state index in [9.17, 15) is 0 Å². The summed E-state index contributed by atoms with van der Waals surface area (Å²) in [6.45, 7) is 0. The summed E-state index contributed by atoms with van der Waals surface area (Å²) in [6, 6.07) is 28.1. The van der Waals surface area contributed by atoms with Gasteiger partial charge in [0.1, 0.15) is 7.05 Å². The molecule has 3 aromatic carbocycles. The van der Waals surface area contributed by atoms with E-state index >= 15 is 0 Å². The monoisotopic (exact) mass is 404 g/mol. The van der Waals surface area contributed by atoms with E-state index in [-0.39, 0.29) is 0 Å². The Kier molecular flexibility index (Phi) is 5.40. The Morgan fingerprint density at radius 2 is 1.32 bits per heavy atom. The minimum atomic E-state index is 0.885. The van der Waals surface area contributed by atoms with E-state index in [0.717, 1.165) is 37.1 Å². The third kappa shape index (κ3) is 4.46. The van der Waals surface area contributed by atoms with E-state index in [0.29, 0.717) is 0 Å². The molecule has 0 atom stereocenters. The average Bonchev–Trinajstić information content (AvgIpc) is 2.80. The van der Waals surface area contributed by atoms with E-state index in [1.165, 1.54) is 33.4 Å². The van der Waals surface area contributed by atoms with Gasteiger partial charge < -0.3 is 0 Å². The first-order chi connectivity index (χ1) is 15.2. The molecule has 4 aliphatic carbocycles. The molecule has 0 unspecified atom stereocenters. The lowest BCUT2D eigenvalue weighted by Crippen LogP contribution is -2.25. The summed E-state index contributed by atoms with van der Waals surface area (Å²) in [5, 5.41) is 9.09. The molecule has 4 aliphatic rings. The van der Waals surface area contributed by atoms with Crippen molar-refractivity contribution >= 4 is 11.4 Å². The number of nitrogens with zero attached hydrogens (tertiary/aromatic N) is 3. The highest BCUT2D eigenvalue weighted by Crippen LogP contribution is 2.30. The van der Waals surface area contributed by atoms with E-state index in [1.807, 2.05) is 30.3 Å². The predicted molar refractivity (Wildman–Crippen MR) is 125 cm³/mol. The molecule has 0 amide bonds. The minimum Gasteiger partial charge on any atom is -0.208 e. The highest BCUT2D eigenvalue weighted by molar-refractivity contribution is 5.68. The lowest BCUT2D eigenvalue weighted by molar-refractivity contribution is -0.671. The molecule has 0 N–H and O–H groups in total. The Bertz CT molecular complexity index is 1230. The van der Waals surface area contributed by atoms with Gasteiger partial charge >= 0.3 is 0 Å². The largest absolute Gasteiger partial charge is 0.208 e. The maximum absolute atomic E-state index is 4.62. The SMILES string of the molecule is C[n+]1ccc(-c2cc3ccc2CCc2ccc(c(N=Nc4ccccc4)c2)CC3)cc1. The van der Waals surface area contributed by atoms with Crippen LogP contribution in [-0.2, 0) is 32.7 Å². The van der Waals surface area contributed by atoms with Crippen LogP contribution in [0.4, 0.5) is 11.4 Å². The number of rotatable bonds is 3. The molecule has 31 heavy (non-hydrogen) atoms. The summed E-state index contributed by atoms with van der Waals surface area (Å²) in [7, 11) is 2.06. The normalized spacial score (nSPS) is 13.3. The van der Waals surface area contributed by atoms with Crippen molar-refractivity contribution < 1.29 is 4.57 Å². The van der Waals surface area contributed by atoms with Crippen molar-refractivity contribution in [1.29, 1.82) is 0 Å². The number of benzene rings is 3. The van der Waals surface area contributed by atoms with E-state index in [1.54, 1.807) is 0 Å². The number of pyridine rings is 1. The molecule has 0 saturated carbocycles. The zero-order chi connectivity index (χ0) is 21.0. The number of azo groups is 1. The fourth-order valence-corrected chi connectivity index (χ4v) is 4.18. The lowest BCUT2D eigenvalue weighted by Gasteiger charge is -2.15. The Labute approximate surface area is 183 Å². The Hall–Kier alpha value is -3.59. The van der Waals surface area contributed by atoms with Crippen LogP contribution in [0.3, 0.4) is 0 Å². The molecule has 0 radical (unpaired) electrons. The van der Waals surface area contributed by atoms with E-state index < -0.39 is 0 Å². The number of hydrogen-bond acceptors (Lipinski definition) is 2. The fraction of sp³-hybridized carbons (Fsp3) is 0.179. The summed E-state index contributed by atoms with van der Waals surface area (Å²) in [5.41, 5.74) is 9.85. The molecule has 0 fully saturated rings. The summed E-state index contributed by atoms with van der Waals surface area (Å²) < 4.78 is 2.08. The third-order valence-electron chi connectivity index (χ3n) is 6.01. The van der Waals surface area contributed by atoms with E-state index in [2.05, 4.69) is 82.8 Å². The highest BCUT2D eigenvalue weighted by atomic mass is 15.1. The molecule has 3 heteroatoms. The van der Waals surface area contributed by atoms with Crippen molar-refractivity contribution in [1.82, 2.24) is 0 Å². The van der Waals surface area contributed by atoms with Gasteiger partial charge in [-0.15, -0.1) is 0 Å². The third-order valence-corrected chi connectivity index (χ3v) is 6.01. The van der Waals surface area contributed by atoms with Crippen LogP contribution >= 0.6 is 0 Å². The zero-order valence-corrected chi connectivity index (χ0v) is 17.8. The number of hydrogen-bond donors (Lipinski definition) is 0. The van der Waals surface area contributed by atoms with Gasteiger partial charge in [0.25, 0.3) is 0 Å². The summed E-state index contributed by atoms with van der Waals surface area (Å²) >= 11 is 0. The van der Waals surface area contributed by atoms with Gasteiger partial charge in [-0.1, -0.05) is 48.5 Å². The van der Waals surface area contributed by atoms with E-state index in [4.69, 9.17) is 0 Å². The topological polar surface area (TPSA) is 28.6 Å². The van der Waals surface area contributed by atoms with Crippen LogP contribution in [0.1, 0.15) is 22.3 Å². The molecule has 0 spiro atoms. The number of aromatic nitrogens is 1. The molecule has 1 heterocycles. The molecular weight excluding hydrogens is 378 g/mol. The van der Waals surface area contributed by atoms with Crippen LogP contribution in [0.25, 0.3) is 11.1 Å².